The lowest BCUT2D eigenvalue weighted by atomic mass is 10.0. The van der Waals surface area contributed by atoms with Crippen LogP contribution >= 0.6 is 0 Å². The Labute approximate surface area is 76.0 Å². The lowest BCUT2D eigenvalue weighted by molar-refractivity contribution is 0.644. The van der Waals surface area contributed by atoms with Crippen molar-refractivity contribution in [1.29, 1.82) is 0 Å². The molecule has 2 N–H and O–H groups in total. The predicted molar refractivity (Wildman–Crippen MR) is 53.1 cm³/mol. The molecular weight excluding hydrogens is 165 g/mol. The summed E-state index contributed by atoms with van der Waals surface area (Å²) in [5.74, 6) is -0.310. The maximum absolute atomic E-state index is 13.5. The average Bonchev–Trinajstić information content (AvgIpc) is 2.12. The van der Waals surface area contributed by atoms with Crippen LogP contribution in [0.25, 0.3) is 10.8 Å². The monoisotopic (exact) mass is 175 g/mol. The molecule has 0 radical (unpaired) electrons. The van der Waals surface area contributed by atoms with Crippen LogP contribution in [0.1, 0.15) is 5.56 Å². The van der Waals surface area contributed by atoms with E-state index < -0.39 is 0 Å². The van der Waals surface area contributed by atoms with Gasteiger partial charge in [0.15, 0.2) is 5.82 Å². The third-order valence-corrected chi connectivity index (χ3v) is 2.22. The van der Waals surface area contributed by atoms with E-state index in [4.69, 9.17) is 5.73 Å². The minimum absolute atomic E-state index is 0.210. The molecule has 2 aromatic rings. The Balaban J connectivity index is 2.97. The van der Waals surface area contributed by atoms with E-state index in [9.17, 15) is 4.39 Å². The number of nitrogen functional groups attached to an aromatic ring is 1. The van der Waals surface area contributed by atoms with Gasteiger partial charge in [-0.25, -0.2) is 4.39 Å². The zero-order valence-electron chi connectivity index (χ0n) is 7.34. The first kappa shape index (κ1) is 8.05. The number of hydrogen-bond acceptors (Lipinski definition) is 1. The van der Waals surface area contributed by atoms with Crippen LogP contribution in [-0.4, -0.2) is 0 Å². The summed E-state index contributed by atoms with van der Waals surface area (Å²) in [5.41, 5.74) is 6.61. The van der Waals surface area contributed by atoms with Crippen molar-refractivity contribution >= 4 is 16.5 Å². The van der Waals surface area contributed by atoms with Gasteiger partial charge in [0.05, 0.1) is 5.69 Å². The third kappa shape index (κ3) is 1.15. The topological polar surface area (TPSA) is 26.0 Å². The number of rotatable bonds is 0. The minimum Gasteiger partial charge on any atom is -0.396 e. The molecule has 2 aromatic carbocycles. The molecule has 2 rings (SSSR count). The molecule has 0 fully saturated rings. The standard InChI is InChI=1S/C11H10FN/c1-7-3-2-4-8-5-6-9(13)11(12)10(7)8/h2-6H,13H2,1H3. The third-order valence-electron chi connectivity index (χ3n) is 2.22. The van der Waals surface area contributed by atoms with Gasteiger partial charge in [-0.3, -0.25) is 0 Å². The summed E-state index contributed by atoms with van der Waals surface area (Å²) < 4.78 is 13.5. The van der Waals surface area contributed by atoms with Crippen molar-refractivity contribution in [3.05, 3.63) is 41.7 Å². The zero-order valence-corrected chi connectivity index (χ0v) is 7.34. The van der Waals surface area contributed by atoms with E-state index in [-0.39, 0.29) is 11.5 Å². The van der Waals surface area contributed by atoms with Gasteiger partial charge in [-0.1, -0.05) is 24.3 Å². The molecule has 0 aromatic heterocycles. The maximum atomic E-state index is 13.5. The van der Waals surface area contributed by atoms with Gasteiger partial charge in [-0.05, 0) is 23.9 Å². The smallest absolute Gasteiger partial charge is 0.154 e. The van der Waals surface area contributed by atoms with Crippen LogP contribution in [0.5, 0.6) is 0 Å². The summed E-state index contributed by atoms with van der Waals surface area (Å²) in [7, 11) is 0. The SMILES string of the molecule is Cc1cccc2ccc(N)c(F)c12. The number of anilines is 1. The molecule has 0 heterocycles. The molecule has 0 aliphatic carbocycles. The number of fused-ring (bicyclic) bond motifs is 1. The number of benzene rings is 2. The molecule has 0 atom stereocenters. The van der Waals surface area contributed by atoms with E-state index in [2.05, 4.69) is 0 Å². The second-order valence-electron chi connectivity index (χ2n) is 3.14. The summed E-state index contributed by atoms with van der Waals surface area (Å²) in [5, 5.41) is 1.52. The number of nitrogens with two attached hydrogens (primary N) is 1. The predicted octanol–water partition coefficient (Wildman–Crippen LogP) is 2.87. The van der Waals surface area contributed by atoms with Crippen molar-refractivity contribution in [1.82, 2.24) is 0 Å². The summed E-state index contributed by atoms with van der Waals surface area (Å²) in [6, 6.07) is 9.10. The molecule has 1 nitrogen and oxygen atoms in total. The number of aryl methyl sites for hydroxylation is 1. The Morgan fingerprint density at radius 3 is 2.69 bits per heavy atom. The normalized spacial score (nSPS) is 10.6. The highest BCUT2D eigenvalue weighted by Crippen LogP contribution is 2.25. The molecular formula is C11H10FN. The molecule has 2 heteroatoms. The van der Waals surface area contributed by atoms with Crippen LogP contribution in [0.2, 0.25) is 0 Å². The van der Waals surface area contributed by atoms with E-state index in [0.29, 0.717) is 5.39 Å². The van der Waals surface area contributed by atoms with Gasteiger partial charge < -0.3 is 5.73 Å². The average molecular weight is 175 g/mol. The largest absolute Gasteiger partial charge is 0.396 e. The van der Waals surface area contributed by atoms with Crippen LogP contribution in [0.15, 0.2) is 30.3 Å². The van der Waals surface area contributed by atoms with Crippen LogP contribution in [0, 0.1) is 12.7 Å². The van der Waals surface area contributed by atoms with E-state index in [1.165, 1.54) is 0 Å². The van der Waals surface area contributed by atoms with Gasteiger partial charge in [-0.2, -0.15) is 0 Å². The van der Waals surface area contributed by atoms with E-state index in [1.807, 2.05) is 31.2 Å². The quantitative estimate of drug-likeness (QED) is 0.612. The molecule has 0 bridgehead atoms. The van der Waals surface area contributed by atoms with Crippen molar-refractivity contribution < 1.29 is 4.39 Å². The van der Waals surface area contributed by atoms with Gasteiger partial charge in [0.1, 0.15) is 0 Å². The first-order valence-corrected chi connectivity index (χ1v) is 4.13. The van der Waals surface area contributed by atoms with Crippen LogP contribution in [0.4, 0.5) is 10.1 Å². The van der Waals surface area contributed by atoms with Crippen molar-refractivity contribution in [3.8, 4) is 0 Å². The fourth-order valence-electron chi connectivity index (χ4n) is 1.53. The van der Waals surface area contributed by atoms with Gasteiger partial charge in [0, 0.05) is 5.39 Å². The molecule has 0 aliphatic heterocycles. The van der Waals surface area contributed by atoms with E-state index >= 15 is 0 Å². The number of halogens is 1. The minimum atomic E-state index is -0.310. The Morgan fingerprint density at radius 2 is 1.92 bits per heavy atom. The van der Waals surface area contributed by atoms with Crippen LogP contribution in [-0.2, 0) is 0 Å². The Hall–Kier alpha value is -1.57. The Morgan fingerprint density at radius 1 is 1.15 bits per heavy atom. The van der Waals surface area contributed by atoms with E-state index in [1.54, 1.807) is 6.07 Å². The summed E-state index contributed by atoms with van der Waals surface area (Å²) in [4.78, 5) is 0. The lowest BCUT2D eigenvalue weighted by Gasteiger charge is -2.04. The maximum Gasteiger partial charge on any atom is 0.154 e. The van der Waals surface area contributed by atoms with Crippen molar-refractivity contribution in [2.75, 3.05) is 5.73 Å². The molecule has 66 valence electrons. The Bertz CT molecular complexity index is 463. The fraction of sp³-hybridized carbons (Fsp3) is 0.0909. The van der Waals surface area contributed by atoms with Crippen LogP contribution < -0.4 is 5.73 Å². The van der Waals surface area contributed by atoms with Gasteiger partial charge in [-0.15, -0.1) is 0 Å². The lowest BCUT2D eigenvalue weighted by Crippen LogP contribution is -1.92. The van der Waals surface area contributed by atoms with Gasteiger partial charge >= 0.3 is 0 Å². The van der Waals surface area contributed by atoms with Gasteiger partial charge in [0.2, 0.25) is 0 Å². The molecule has 0 amide bonds. The van der Waals surface area contributed by atoms with E-state index in [0.717, 1.165) is 10.9 Å². The van der Waals surface area contributed by atoms with Gasteiger partial charge in [0.25, 0.3) is 0 Å². The highest BCUT2D eigenvalue weighted by atomic mass is 19.1. The second-order valence-corrected chi connectivity index (χ2v) is 3.14. The number of hydrogen-bond donors (Lipinski definition) is 1. The summed E-state index contributed by atoms with van der Waals surface area (Å²) >= 11 is 0. The highest BCUT2D eigenvalue weighted by molar-refractivity contribution is 5.88. The second kappa shape index (κ2) is 2.73. The zero-order chi connectivity index (χ0) is 9.42. The first-order valence-electron chi connectivity index (χ1n) is 4.13. The summed E-state index contributed by atoms with van der Waals surface area (Å²) in [6.45, 7) is 1.88. The van der Waals surface area contributed by atoms with Crippen molar-refractivity contribution in [2.45, 2.75) is 6.92 Å². The molecule has 0 saturated carbocycles. The molecule has 0 spiro atoms. The summed E-state index contributed by atoms with van der Waals surface area (Å²) in [6.07, 6.45) is 0. The molecule has 0 unspecified atom stereocenters. The first-order chi connectivity index (χ1) is 6.20. The van der Waals surface area contributed by atoms with Crippen LogP contribution in [0.3, 0.4) is 0 Å². The Kier molecular flexibility index (Phi) is 1.69. The molecule has 0 saturated heterocycles. The molecule has 0 aliphatic rings. The molecule has 13 heavy (non-hydrogen) atoms. The van der Waals surface area contributed by atoms with Crippen molar-refractivity contribution in [2.24, 2.45) is 0 Å². The highest BCUT2D eigenvalue weighted by Gasteiger charge is 2.05. The van der Waals surface area contributed by atoms with Crippen molar-refractivity contribution in [3.63, 3.8) is 0 Å². The fourth-order valence-corrected chi connectivity index (χ4v) is 1.53.